The van der Waals surface area contributed by atoms with Crippen LogP contribution in [0, 0.1) is 0 Å². The average molecular weight is 383 g/mol. The average Bonchev–Trinajstić information content (AvgIpc) is 3.22. The molecule has 0 aliphatic carbocycles. The van der Waals surface area contributed by atoms with Crippen LogP contribution < -0.4 is 5.32 Å². The number of aromatic nitrogens is 2. The molecule has 0 saturated heterocycles. The van der Waals surface area contributed by atoms with Crippen molar-refractivity contribution in [3.05, 3.63) is 76.2 Å². The minimum atomic E-state index is 0.126. The van der Waals surface area contributed by atoms with E-state index < -0.39 is 0 Å². The summed E-state index contributed by atoms with van der Waals surface area (Å²) in [6, 6.07) is 12.5. The Kier molecular flexibility index (Phi) is 7.33. The van der Waals surface area contributed by atoms with Gasteiger partial charge in [-0.15, -0.1) is 0 Å². The summed E-state index contributed by atoms with van der Waals surface area (Å²) in [4.78, 5) is 11.2. The smallest absolute Gasteiger partial charge is 0.222 e. The third-order valence-corrected chi connectivity index (χ3v) is 5.28. The van der Waals surface area contributed by atoms with E-state index in [0.717, 1.165) is 18.5 Å². The number of nitrogens with zero attached hydrogens (tertiary/aromatic N) is 3. The Morgan fingerprint density at radius 2 is 1.78 bits per heavy atom. The highest BCUT2D eigenvalue weighted by Gasteiger charge is 2.17. The van der Waals surface area contributed by atoms with Gasteiger partial charge < -0.3 is 10.4 Å². The molecular formula is C21H26N4OS. The molecule has 6 heteroatoms. The van der Waals surface area contributed by atoms with Crippen molar-refractivity contribution in [2.24, 2.45) is 0 Å². The van der Waals surface area contributed by atoms with E-state index in [1.54, 1.807) is 11.3 Å². The van der Waals surface area contributed by atoms with Crippen LogP contribution in [0.5, 0.6) is 0 Å². The van der Waals surface area contributed by atoms with Crippen LogP contribution in [-0.2, 0) is 19.6 Å². The topological polar surface area (TPSA) is 61.3 Å². The number of anilines is 1. The third kappa shape index (κ3) is 5.85. The van der Waals surface area contributed by atoms with Crippen LogP contribution in [0.4, 0.5) is 5.95 Å². The molecule has 2 heterocycles. The van der Waals surface area contributed by atoms with Gasteiger partial charge in [0.25, 0.3) is 0 Å². The molecule has 3 aromatic rings. The predicted molar refractivity (Wildman–Crippen MR) is 111 cm³/mol. The minimum Gasteiger partial charge on any atom is -0.395 e. The SMILES string of the molecule is CC[C@H](CO)N(Cc1cnc(NCc2ccccc2)nc1)Cc1ccsc1. The first kappa shape index (κ1) is 19.5. The summed E-state index contributed by atoms with van der Waals surface area (Å²) < 4.78 is 0. The van der Waals surface area contributed by atoms with Crippen molar-refractivity contribution in [3.8, 4) is 0 Å². The first-order valence-electron chi connectivity index (χ1n) is 9.23. The standard InChI is InChI=1S/C21H26N4OS/c1-2-20(15-26)25(13-18-8-9-27-16-18)14-19-11-23-21(24-12-19)22-10-17-6-4-3-5-7-17/h3-9,11-12,16,20,26H,2,10,13-15H2,1H3,(H,22,23,24)/t20-/m1/s1. The molecule has 27 heavy (non-hydrogen) atoms. The molecule has 2 N–H and O–H groups in total. The molecule has 0 radical (unpaired) electrons. The second-order valence-corrected chi connectivity index (χ2v) is 7.32. The van der Waals surface area contributed by atoms with Gasteiger partial charge in [0.1, 0.15) is 0 Å². The van der Waals surface area contributed by atoms with Crippen molar-refractivity contribution in [2.75, 3.05) is 11.9 Å². The lowest BCUT2D eigenvalue weighted by molar-refractivity contribution is 0.106. The van der Waals surface area contributed by atoms with Crippen LogP contribution in [0.1, 0.15) is 30.0 Å². The molecule has 1 atom stereocenters. The molecule has 0 amide bonds. The van der Waals surface area contributed by atoms with Crippen molar-refractivity contribution >= 4 is 17.3 Å². The van der Waals surface area contributed by atoms with Gasteiger partial charge in [0.2, 0.25) is 5.95 Å². The highest BCUT2D eigenvalue weighted by Crippen LogP contribution is 2.17. The summed E-state index contributed by atoms with van der Waals surface area (Å²) in [6.45, 7) is 4.49. The number of hydrogen-bond donors (Lipinski definition) is 2. The lowest BCUT2D eigenvalue weighted by Gasteiger charge is -2.29. The summed E-state index contributed by atoms with van der Waals surface area (Å²) in [5.41, 5.74) is 3.51. The van der Waals surface area contributed by atoms with Crippen LogP contribution in [0.25, 0.3) is 0 Å². The van der Waals surface area contributed by atoms with Crippen LogP contribution >= 0.6 is 11.3 Å². The highest BCUT2D eigenvalue weighted by molar-refractivity contribution is 7.07. The molecule has 0 aliphatic rings. The Morgan fingerprint density at radius 1 is 1.04 bits per heavy atom. The largest absolute Gasteiger partial charge is 0.395 e. The van der Waals surface area contributed by atoms with Crippen molar-refractivity contribution in [2.45, 2.75) is 39.0 Å². The van der Waals surface area contributed by atoms with Crippen molar-refractivity contribution in [1.82, 2.24) is 14.9 Å². The number of benzene rings is 1. The Labute approximate surface area is 164 Å². The number of thiophene rings is 1. The molecular weight excluding hydrogens is 356 g/mol. The number of aliphatic hydroxyl groups excluding tert-OH is 1. The van der Waals surface area contributed by atoms with Crippen molar-refractivity contribution < 1.29 is 5.11 Å². The fourth-order valence-electron chi connectivity index (χ4n) is 2.97. The molecule has 0 bridgehead atoms. The maximum atomic E-state index is 9.75. The van der Waals surface area contributed by atoms with Gasteiger partial charge in [-0.1, -0.05) is 37.3 Å². The van der Waals surface area contributed by atoms with Gasteiger partial charge in [-0.3, -0.25) is 4.90 Å². The quantitative estimate of drug-likeness (QED) is 0.556. The monoisotopic (exact) mass is 382 g/mol. The predicted octanol–water partition coefficient (Wildman–Crippen LogP) is 3.92. The van der Waals surface area contributed by atoms with Gasteiger partial charge in [-0.05, 0) is 34.4 Å². The van der Waals surface area contributed by atoms with E-state index in [1.807, 2.05) is 30.6 Å². The van der Waals surface area contributed by atoms with Gasteiger partial charge in [0, 0.05) is 43.6 Å². The fourth-order valence-corrected chi connectivity index (χ4v) is 3.63. The van der Waals surface area contributed by atoms with E-state index >= 15 is 0 Å². The van der Waals surface area contributed by atoms with Gasteiger partial charge >= 0.3 is 0 Å². The van der Waals surface area contributed by atoms with Crippen molar-refractivity contribution in [1.29, 1.82) is 0 Å². The van der Waals surface area contributed by atoms with E-state index in [4.69, 9.17) is 0 Å². The van der Waals surface area contributed by atoms with E-state index in [1.165, 1.54) is 11.1 Å². The Hall–Kier alpha value is -2.28. The molecule has 142 valence electrons. The zero-order valence-electron chi connectivity index (χ0n) is 15.6. The van der Waals surface area contributed by atoms with Crippen LogP contribution in [0.2, 0.25) is 0 Å². The van der Waals surface area contributed by atoms with E-state index in [-0.39, 0.29) is 12.6 Å². The lowest BCUT2D eigenvalue weighted by atomic mass is 10.1. The van der Waals surface area contributed by atoms with Gasteiger partial charge in [0.05, 0.1) is 6.61 Å². The Bertz CT molecular complexity index is 774. The minimum absolute atomic E-state index is 0.126. The normalized spacial score (nSPS) is 12.3. The highest BCUT2D eigenvalue weighted by atomic mass is 32.1. The second-order valence-electron chi connectivity index (χ2n) is 6.54. The molecule has 0 unspecified atom stereocenters. The third-order valence-electron chi connectivity index (χ3n) is 4.55. The molecule has 0 fully saturated rings. The van der Waals surface area contributed by atoms with Gasteiger partial charge in [-0.25, -0.2) is 9.97 Å². The first-order valence-corrected chi connectivity index (χ1v) is 10.2. The molecule has 0 aliphatic heterocycles. The number of rotatable bonds is 10. The molecule has 0 spiro atoms. The summed E-state index contributed by atoms with van der Waals surface area (Å²) >= 11 is 1.70. The summed E-state index contributed by atoms with van der Waals surface area (Å²) in [5.74, 6) is 0.626. The van der Waals surface area contributed by atoms with E-state index in [9.17, 15) is 5.11 Å². The molecule has 5 nitrogen and oxygen atoms in total. The maximum absolute atomic E-state index is 9.75. The van der Waals surface area contributed by atoms with E-state index in [0.29, 0.717) is 19.0 Å². The fraction of sp³-hybridized carbons (Fsp3) is 0.333. The summed E-state index contributed by atoms with van der Waals surface area (Å²) in [6.07, 6.45) is 4.63. The lowest BCUT2D eigenvalue weighted by Crippen LogP contribution is -2.36. The Morgan fingerprint density at radius 3 is 2.41 bits per heavy atom. The van der Waals surface area contributed by atoms with Gasteiger partial charge in [-0.2, -0.15) is 11.3 Å². The van der Waals surface area contributed by atoms with Crippen LogP contribution in [0.15, 0.2) is 59.6 Å². The molecule has 0 saturated carbocycles. The first-order chi connectivity index (χ1) is 13.3. The number of hydrogen-bond acceptors (Lipinski definition) is 6. The van der Waals surface area contributed by atoms with Crippen LogP contribution in [0.3, 0.4) is 0 Å². The van der Waals surface area contributed by atoms with Crippen molar-refractivity contribution in [3.63, 3.8) is 0 Å². The molecule has 3 rings (SSSR count). The second kappa shape index (κ2) is 10.2. The number of nitrogens with one attached hydrogen (secondary N) is 1. The Balaban J connectivity index is 1.61. The van der Waals surface area contributed by atoms with Crippen LogP contribution in [-0.4, -0.2) is 32.6 Å². The van der Waals surface area contributed by atoms with E-state index in [2.05, 4.69) is 56.1 Å². The zero-order valence-corrected chi connectivity index (χ0v) is 16.4. The maximum Gasteiger partial charge on any atom is 0.222 e. The summed E-state index contributed by atoms with van der Waals surface area (Å²) in [5, 5.41) is 17.2. The molecule has 2 aromatic heterocycles. The zero-order chi connectivity index (χ0) is 18.9. The molecule has 1 aromatic carbocycles. The summed E-state index contributed by atoms with van der Waals surface area (Å²) in [7, 11) is 0. The number of aliphatic hydroxyl groups is 1. The van der Waals surface area contributed by atoms with Gasteiger partial charge in [0.15, 0.2) is 0 Å².